The number of nitrogens with one attached hydrogen (secondary N) is 6. The summed E-state index contributed by atoms with van der Waals surface area (Å²) < 4.78 is 0. The van der Waals surface area contributed by atoms with Crippen molar-refractivity contribution in [1.29, 1.82) is 0 Å². The number of nitrogens with two attached hydrogens (primary N) is 1. The van der Waals surface area contributed by atoms with Crippen molar-refractivity contribution in [3.8, 4) is 0 Å². The highest BCUT2D eigenvalue weighted by atomic mass is 16.4. The Morgan fingerprint density at radius 2 is 1.25 bits per heavy atom. The fraction of sp³-hybridized carbons (Fsp3) is 0.529. The van der Waals surface area contributed by atoms with Crippen molar-refractivity contribution >= 4 is 58.3 Å². The van der Waals surface area contributed by atoms with Crippen molar-refractivity contribution in [3.63, 3.8) is 0 Å². The van der Waals surface area contributed by atoms with Crippen molar-refractivity contribution in [1.82, 2.24) is 31.6 Å². The number of para-hydroxylation sites is 1. The van der Waals surface area contributed by atoms with Crippen LogP contribution in [0.1, 0.15) is 72.3 Å². The fourth-order valence-electron chi connectivity index (χ4n) is 5.35. The molecule has 0 saturated heterocycles. The third-order valence-electron chi connectivity index (χ3n) is 8.70. The average Bonchev–Trinajstić information content (AvgIpc) is 3.48. The van der Waals surface area contributed by atoms with Crippen LogP contribution in [-0.2, 0) is 44.8 Å². The molecule has 10 N–H and O–H groups in total. The van der Waals surface area contributed by atoms with Gasteiger partial charge in [0.25, 0.3) is 0 Å². The number of aliphatic carboxylic acids is 2. The number of rotatable bonds is 21. The Labute approximate surface area is 295 Å². The van der Waals surface area contributed by atoms with Gasteiger partial charge in [0.2, 0.25) is 35.4 Å². The van der Waals surface area contributed by atoms with Crippen molar-refractivity contribution < 1.29 is 48.6 Å². The Morgan fingerprint density at radius 3 is 1.78 bits per heavy atom. The van der Waals surface area contributed by atoms with E-state index in [0.717, 1.165) is 17.8 Å². The molecule has 0 aliphatic rings. The summed E-state index contributed by atoms with van der Waals surface area (Å²) in [5.41, 5.74) is 6.85. The lowest BCUT2D eigenvalue weighted by molar-refractivity contribution is -0.141. The molecule has 2 aromatic rings. The van der Waals surface area contributed by atoms with Gasteiger partial charge in [-0.1, -0.05) is 58.7 Å². The molecular formula is C34H49N7O10. The van der Waals surface area contributed by atoms with Gasteiger partial charge in [-0.05, 0) is 29.9 Å². The number of primary amides is 1. The van der Waals surface area contributed by atoms with Crippen LogP contribution in [0.25, 0.3) is 10.9 Å². The highest BCUT2D eigenvalue weighted by Crippen LogP contribution is 2.20. The maximum atomic E-state index is 14.0. The first-order valence-electron chi connectivity index (χ1n) is 16.7. The van der Waals surface area contributed by atoms with Gasteiger partial charge < -0.3 is 47.5 Å². The minimum atomic E-state index is -1.46. The summed E-state index contributed by atoms with van der Waals surface area (Å²) in [6, 6.07) is 0.665. The number of benzene rings is 1. The summed E-state index contributed by atoms with van der Waals surface area (Å²) in [5.74, 6) is -8.38. The number of carbonyl (C=O) groups excluding carboxylic acids is 6. The third-order valence-corrected chi connectivity index (χ3v) is 8.70. The lowest BCUT2D eigenvalue weighted by atomic mass is 9.94. The molecule has 17 nitrogen and oxygen atoms in total. The van der Waals surface area contributed by atoms with Crippen LogP contribution in [0.3, 0.4) is 0 Å². The summed E-state index contributed by atoms with van der Waals surface area (Å²) in [6.45, 7) is 8.04. The minimum Gasteiger partial charge on any atom is -0.481 e. The van der Waals surface area contributed by atoms with Crippen LogP contribution >= 0.6 is 0 Å². The summed E-state index contributed by atoms with van der Waals surface area (Å²) in [4.78, 5) is 104. The van der Waals surface area contributed by atoms with E-state index in [1.54, 1.807) is 40.0 Å². The molecule has 17 heteroatoms. The number of amides is 6. The van der Waals surface area contributed by atoms with Crippen molar-refractivity contribution in [2.75, 3.05) is 0 Å². The number of aromatic nitrogens is 1. The van der Waals surface area contributed by atoms with Crippen LogP contribution in [0.4, 0.5) is 0 Å². The van der Waals surface area contributed by atoms with Crippen LogP contribution in [-0.4, -0.2) is 92.8 Å². The normalized spacial score (nSPS) is 15.2. The second kappa shape index (κ2) is 19.6. The smallest absolute Gasteiger partial charge is 0.305 e. The molecule has 2 unspecified atom stereocenters. The SMILES string of the molecule is CCC(C)[C@H](NC(=O)[C@H](CC(=O)O)NC(C)=O)C(=O)N[C@H](C(=O)N[C@@H](Cc1c[nH]c2ccccc12)C(=O)N[C@@H](CCC(=O)O)C(N)=O)C(C)CC. The van der Waals surface area contributed by atoms with Crippen LogP contribution in [0, 0.1) is 11.8 Å². The topological polar surface area (TPSA) is 279 Å². The first-order chi connectivity index (χ1) is 24.0. The van der Waals surface area contributed by atoms with Crippen LogP contribution in [0.5, 0.6) is 0 Å². The third kappa shape index (κ3) is 12.7. The van der Waals surface area contributed by atoms with Gasteiger partial charge in [0.05, 0.1) is 6.42 Å². The molecule has 0 fully saturated rings. The van der Waals surface area contributed by atoms with Crippen LogP contribution < -0.4 is 32.3 Å². The molecule has 2 rings (SSSR count). The van der Waals surface area contributed by atoms with Gasteiger partial charge in [0.15, 0.2) is 0 Å². The number of fused-ring (bicyclic) bond motifs is 1. The van der Waals surface area contributed by atoms with Crippen molar-refractivity contribution in [3.05, 3.63) is 36.0 Å². The van der Waals surface area contributed by atoms with Crippen molar-refractivity contribution in [2.45, 2.75) is 103 Å². The quantitative estimate of drug-likeness (QED) is 0.0839. The molecule has 0 radical (unpaired) electrons. The number of aromatic amines is 1. The predicted molar refractivity (Wildman–Crippen MR) is 185 cm³/mol. The Hall–Kier alpha value is -5.48. The first kappa shape index (κ1) is 41.7. The van der Waals surface area contributed by atoms with E-state index in [1.807, 2.05) is 18.2 Å². The average molecular weight is 716 g/mol. The highest BCUT2D eigenvalue weighted by molar-refractivity contribution is 5.97. The molecule has 0 bridgehead atoms. The number of carboxylic acid groups (broad SMARTS) is 2. The summed E-state index contributed by atoms with van der Waals surface area (Å²) in [7, 11) is 0. The van der Waals surface area contributed by atoms with E-state index in [0.29, 0.717) is 18.4 Å². The van der Waals surface area contributed by atoms with E-state index in [4.69, 9.17) is 10.8 Å². The summed E-state index contributed by atoms with van der Waals surface area (Å²) in [5, 5.41) is 31.7. The van der Waals surface area contributed by atoms with E-state index in [-0.39, 0.29) is 12.8 Å². The van der Waals surface area contributed by atoms with E-state index >= 15 is 0 Å². The molecule has 1 aromatic heterocycles. The van der Waals surface area contributed by atoms with Crippen molar-refractivity contribution in [2.24, 2.45) is 17.6 Å². The van der Waals surface area contributed by atoms with Crippen LogP contribution in [0.2, 0.25) is 0 Å². The minimum absolute atomic E-state index is 0.0627. The molecular weight excluding hydrogens is 666 g/mol. The number of hydrogen-bond acceptors (Lipinski definition) is 8. The van der Waals surface area contributed by atoms with Gasteiger partial charge in [0, 0.05) is 36.9 Å². The zero-order chi connectivity index (χ0) is 38.4. The monoisotopic (exact) mass is 715 g/mol. The molecule has 0 aliphatic carbocycles. The molecule has 51 heavy (non-hydrogen) atoms. The van der Waals surface area contributed by atoms with Crippen LogP contribution in [0.15, 0.2) is 30.5 Å². The predicted octanol–water partition coefficient (Wildman–Crippen LogP) is 0.0713. The maximum Gasteiger partial charge on any atom is 0.305 e. The molecule has 280 valence electrons. The number of H-pyrrole nitrogens is 1. The largest absolute Gasteiger partial charge is 0.481 e. The lowest BCUT2D eigenvalue weighted by Crippen LogP contribution is -2.61. The van der Waals surface area contributed by atoms with E-state index in [2.05, 4.69) is 31.6 Å². The van der Waals surface area contributed by atoms with Gasteiger partial charge in [-0.15, -0.1) is 0 Å². The summed E-state index contributed by atoms with van der Waals surface area (Å²) in [6.07, 6.45) is 0.938. The second-order valence-electron chi connectivity index (χ2n) is 12.6. The molecule has 1 heterocycles. The zero-order valence-electron chi connectivity index (χ0n) is 29.4. The lowest BCUT2D eigenvalue weighted by Gasteiger charge is -2.31. The van der Waals surface area contributed by atoms with E-state index in [9.17, 15) is 43.5 Å². The van der Waals surface area contributed by atoms with E-state index in [1.165, 1.54) is 0 Å². The summed E-state index contributed by atoms with van der Waals surface area (Å²) >= 11 is 0. The van der Waals surface area contributed by atoms with E-state index < -0.39 is 102 Å². The van der Waals surface area contributed by atoms with Gasteiger partial charge in [-0.3, -0.25) is 38.4 Å². The molecule has 0 aliphatic heterocycles. The number of carbonyl (C=O) groups is 8. The molecule has 1 aromatic carbocycles. The fourth-order valence-corrected chi connectivity index (χ4v) is 5.35. The second-order valence-corrected chi connectivity index (χ2v) is 12.6. The number of hydrogen-bond donors (Lipinski definition) is 9. The van der Waals surface area contributed by atoms with Gasteiger partial charge in [-0.25, -0.2) is 0 Å². The van der Waals surface area contributed by atoms with Gasteiger partial charge >= 0.3 is 11.9 Å². The van der Waals surface area contributed by atoms with Gasteiger partial charge in [-0.2, -0.15) is 0 Å². The standard InChI is InChI=1S/C34H49N7O10/c1-6-17(3)28(41-34(51)29(18(4)7-2)40-32(49)25(15-27(45)46)37-19(5)42)33(50)39-24(14-20-16-36-22-11-9-8-10-21(20)22)31(48)38-23(30(35)47)12-13-26(43)44/h8-11,16-18,23-25,28-29,36H,6-7,12-15H2,1-5H3,(H2,35,47)(H,37,42)(H,38,48)(H,39,50)(H,40,49)(H,41,51)(H,43,44)(H,45,46)/t17?,18?,23-,24-,25-,28-,29-/m0/s1. The van der Waals surface area contributed by atoms with Gasteiger partial charge in [0.1, 0.15) is 30.2 Å². The Kier molecular flexibility index (Phi) is 16.1. The molecule has 0 spiro atoms. The Balaban J connectivity index is 2.42. The number of carboxylic acids is 2. The zero-order valence-corrected chi connectivity index (χ0v) is 29.4. The Bertz CT molecular complexity index is 1580. The molecule has 0 saturated carbocycles. The Morgan fingerprint density at radius 1 is 0.725 bits per heavy atom. The first-order valence-corrected chi connectivity index (χ1v) is 16.7. The molecule has 7 atom stereocenters. The highest BCUT2D eigenvalue weighted by Gasteiger charge is 2.36. The molecule has 6 amide bonds. The maximum absolute atomic E-state index is 14.0.